The second-order valence-electron chi connectivity index (χ2n) is 10.2. The maximum Gasteiger partial charge on any atom is 0.402 e. The standard InChI is InChI=1S/C27H30O15/c1-9-19(32)21(34)23(36)26(39-9)38-8-18-20(33)22(35)24(37)27(42-18)41-17-7-12-14(30)5-11(28)6-16(12)40-25(17)10-2-3-13(29)15(31)4-10/h2-7,9,18-24,26-27,32-37H,8H2,1H3,(H3-,28,29,30,31)/p+1/t9-,18+,19-,20+,21+,22-,23+,24+,26+,27+/m1/s1. The summed E-state index contributed by atoms with van der Waals surface area (Å²) < 4.78 is 28.3. The van der Waals surface area contributed by atoms with E-state index in [9.17, 15) is 51.1 Å². The van der Waals surface area contributed by atoms with Crippen LogP contribution in [0.3, 0.4) is 0 Å². The van der Waals surface area contributed by atoms with E-state index in [1.165, 1.54) is 31.2 Å². The van der Waals surface area contributed by atoms with Gasteiger partial charge >= 0.3 is 11.3 Å². The van der Waals surface area contributed by atoms with Gasteiger partial charge in [0.25, 0.3) is 0 Å². The van der Waals surface area contributed by atoms with Gasteiger partial charge in [-0.2, -0.15) is 0 Å². The Bertz CT molecular complexity index is 1430. The van der Waals surface area contributed by atoms with Crippen LogP contribution in [0.4, 0.5) is 0 Å². The van der Waals surface area contributed by atoms with E-state index in [0.29, 0.717) is 0 Å². The molecule has 15 nitrogen and oxygen atoms in total. The van der Waals surface area contributed by atoms with Gasteiger partial charge in [0, 0.05) is 18.2 Å². The summed E-state index contributed by atoms with van der Waals surface area (Å²) in [5.74, 6) is -1.92. The zero-order valence-corrected chi connectivity index (χ0v) is 22.0. The predicted octanol–water partition coefficient (Wildman–Crippen LogP) is -0.766. The van der Waals surface area contributed by atoms with E-state index < -0.39 is 85.3 Å². The highest BCUT2D eigenvalue weighted by Crippen LogP contribution is 2.42. The van der Waals surface area contributed by atoms with E-state index in [2.05, 4.69) is 0 Å². The molecule has 15 heteroatoms. The second kappa shape index (κ2) is 11.6. The Kier molecular flexibility index (Phi) is 8.30. The first kappa shape index (κ1) is 30.0. The minimum Gasteiger partial charge on any atom is -0.507 e. The van der Waals surface area contributed by atoms with E-state index in [4.69, 9.17) is 23.4 Å². The van der Waals surface area contributed by atoms with E-state index in [1.54, 1.807) is 0 Å². The topological polar surface area (TPSA) is 251 Å². The molecule has 10 N–H and O–H groups in total. The molecule has 0 aliphatic carbocycles. The van der Waals surface area contributed by atoms with Crippen molar-refractivity contribution in [1.29, 1.82) is 0 Å². The Labute approximate surface area is 237 Å². The van der Waals surface area contributed by atoms with Crippen LogP contribution in [0.25, 0.3) is 22.3 Å². The predicted molar refractivity (Wildman–Crippen MR) is 138 cm³/mol. The van der Waals surface area contributed by atoms with Crippen LogP contribution in [-0.4, -0.2) is 119 Å². The van der Waals surface area contributed by atoms with Crippen molar-refractivity contribution in [3.05, 3.63) is 36.4 Å². The first-order chi connectivity index (χ1) is 19.8. The van der Waals surface area contributed by atoms with Crippen molar-refractivity contribution in [2.24, 2.45) is 0 Å². The van der Waals surface area contributed by atoms with Crippen LogP contribution < -0.4 is 4.74 Å². The van der Waals surface area contributed by atoms with Gasteiger partial charge in [-0.25, -0.2) is 4.42 Å². The third-order valence-electron chi connectivity index (χ3n) is 7.20. The highest BCUT2D eigenvalue weighted by Gasteiger charge is 2.48. The Morgan fingerprint density at radius 1 is 0.714 bits per heavy atom. The van der Waals surface area contributed by atoms with Gasteiger partial charge in [0.05, 0.1) is 24.3 Å². The average molecular weight is 596 g/mol. The van der Waals surface area contributed by atoms with Crippen LogP contribution in [0.5, 0.6) is 28.7 Å². The van der Waals surface area contributed by atoms with E-state index >= 15 is 0 Å². The number of hydrogen-bond donors (Lipinski definition) is 10. The number of benzene rings is 2. The molecule has 1 aromatic heterocycles. The SMILES string of the molecule is C[C@H]1O[C@H](OC[C@@H]2O[C@H](Oc3cc4c(O)cc(O)cc4[o+]c3-c3ccc(O)c(O)c3)[C@@H](O)[C@H](O)[C@H]2O)[C@@H](O)[C@@H](O)[C@@H]1O. The van der Waals surface area contributed by atoms with Crippen molar-refractivity contribution < 1.29 is 74.4 Å². The molecule has 0 unspecified atom stereocenters. The number of aromatic hydroxyl groups is 4. The van der Waals surface area contributed by atoms with Crippen LogP contribution >= 0.6 is 0 Å². The molecule has 0 radical (unpaired) electrons. The largest absolute Gasteiger partial charge is 0.507 e. The third kappa shape index (κ3) is 5.61. The van der Waals surface area contributed by atoms with Gasteiger partial charge in [-0.1, -0.05) is 0 Å². The summed E-state index contributed by atoms with van der Waals surface area (Å²) in [5.41, 5.74) is 0.163. The smallest absolute Gasteiger partial charge is 0.402 e. The molecule has 3 heterocycles. The number of fused-ring (bicyclic) bond motifs is 1. The molecule has 0 spiro atoms. The zero-order chi connectivity index (χ0) is 30.5. The van der Waals surface area contributed by atoms with E-state index in [-0.39, 0.29) is 33.8 Å². The van der Waals surface area contributed by atoms with Gasteiger partial charge < -0.3 is 70.0 Å². The maximum absolute atomic E-state index is 10.7. The Morgan fingerprint density at radius 2 is 1.40 bits per heavy atom. The molecule has 0 saturated carbocycles. The quantitative estimate of drug-likeness (QED) is 0.124. The molecule has 2 saturated heterocycles. The molecule has 2 fully saturated rings. The summed E-state index contributed by atoms with van der Waals surface area (Å²) in [6, 6.07) is 7.22. The molecule has 10 atom stereocenters. The van der Waals surface area contributed by atoms with E-state index in [1.807, 2.05) is 0 Å². The first-order valence-corrected chi connectivity index (χ1v) is 12.9. The molecule has 2 aromatic carbocycles. The summed E-state index contributed by atoms with van der Waals surface area (Å²) in [7, 11) is 0. The van der Waals surface area contributed by atoms with Gasteiger partial charge in [-0.15, -0.1) is 0 Å². The van der Waals surface area contributed by atoms with Crippen LogP contribution in [-0.2, 0) is 14.2 Å². The number of aliphatic hydroxyl groups excluding tert-OH is 6. The minimum absolute atomic E-state index is 0.00170. The second-order valence-corrected chi connectivity index (χ2v) is 10.2. The Balaban J connectivity index is 1.44. The molecule has 42 heavy (non-hydrogen) atoms. The monoisotopic (exact) mass is 595 g/mol. The molecule has 2 aliphatic rings. The fourth-order valence-electron chi connectivity index (χ4n) is 4.76. The summed E-state index contributed by atoms with van der Waals surface area (Å²) in [4.78, 5) is 0. The van der Waals surface area contributed by atoms with Crippen molar-refractivity contribution in [3.63, 3.8) is 0 Å². The van der Waals surface area contributed by atoms with Gasteiger partial charge in [-0.05, 0) is 19.1 Å². The normalized spacial score (nSPS) is 33.5. The molecule has 228 valence electrons. The number of phenolic OH excluding ortho intramolecular Hbond substituents is 4. The van der Waals surface area contributed by atoms with Crippen molar-refractivity contribution in [2.75, 3.05) is 6.61 Å². The van der Waals surface area contributed by atoms with Gasteiger partial charge in [0.1, 0.15) is 59.6 Å². The fourth-order valence-corrected chi connectivity index (χ4v) is 4.76. The zero-order valence-electron chi connectivity index (χ0n) is 22.0. The van der Waals surface area contributed by atoms with Gasteiger partial charge in [0.2, 0.25) is 12.0 Å². The summed E-state index contributed by atoms with van der Waals surface area (Å²) in [6.07, 6.45) is -15.3. The molecule has 0 bridgehead atoms. The average Bonchev–Trinajstić information content (AvgIpc) is 2.95. The van der Waals surface area contributed by atoms with Crippen LogP contribution in [0.15, 0.2) is 40.8 Å². The summed E-state index contributed by atoms with van der Waals surface area (Å²) in [5, 5.41) is 102. The Hall–Kier alpha value is -3.51. The highest BCUT2D eigenvalue weighted by atomic mass is 16.7. The molecule has 0 amide bonds. The summed E-state index contributed by atoms with van der Waals surface area (Å²) >= 11 is 0. The lowest BCUT2D eigenvalue weighted by Crippen LogP contribution is -2.61. The van der Waals surface area contributed by atoms with Gasteiger partial charge in [-0.3, -0.25) is 0 Å². The third-order valence-corrected chi connectivity index (χ3v) is 7.20. The Morgan fingerprint density at radius 3 is 2.12 bits per heavy atom. The number of rotatable bonds is 6. The number of ether oxygens (including phenoxy) is 4. The van der Waals surface area contributed by atoms with Crippen molar-refractivity contribution in [3.8, 4) is 40.1 Å². The minimum atomic E-state index is -1.82. The number of hydrogen-bond acceptors (Lipinski definition) is 14. The van der Waals surface area contributed by atoms with Gasteiger partial charge in [0.15, 0.2) is 17.8 Å². The lowest BCUT2D eigenvalue weighted by molar-refractivity contribution is -0.318. The molecule has 2 aliphatic heterocycles. The highest BCUT2D eigenvalue weighted by molar-refractivity contribution is 5.88. The van der Waals surface area contributed by atoms with Crippen LogP contribution in [0.2, 0.25) is 0 Å². The molecular formula is C27H31O15+. The van der Waals surface area contributed by atoms with E-state index in [0.717, 1.165) is 12.1 Å². The van der Waals surface area contributed by atoms with Crippen LogP contribution in [0, 0.1) is 0 Å². The van der Waals surface area contributed by atoms with Crippen molar-refractivity contribution in [1.82, 2.24) is 0 Å². The lowest BCUT2D eigenvalue weighted by atomic mass is 9.98. The summed E-state index contributed by atoms with van der Waals surface area (Å²) in [6.45, 7) is 0.925. The molecule has 5 rings (SSSR count). The lowest BCUT2D eigenvalue weighted by Gasteiger charge is -2.42. The van der Waals surface area contributed by atoms with Crippen molar-refractivity contribution in [2.45, 2.75) is 68.3 Å². The van der Waals surface area contributed by atoms with Crippen LogP contribution in [0.1, 0.15) is 6.92 Å². The number of phenols is 4. The molecule has 3 aromatic rings. The first-order valence-electron chi connectivity index (χ1n) is 12.9. The fraction of sp³-hybridized carbons (Fsp3) is 0.444. The molecular weight excluding hydrogens is 564 g/mol. The number of aliphatic hydroxyl groups is 6. The van der Waals surface area contributed by atoms with Crippen molar-refractivity contribution >= 4 is 11.0 Å². The maximum atomic E-state index is 10.7.